The fourth-order valence-electron chi connectivity index (χ4n) is 4.44. The van der Waals surface area contributed by atoms with Crippen LogP contribution in [-0.2, 0) is 17.6 Å². The molecule has 2 aliphatic heterocycles. The summed E-state index contributed by atoms with van der Waals surface area (Å²) in [5.74, 6) is 1.83. The van der Waals surface area contributed by atoms with Crippen LogP contribution in [0.1, 0.15) is 60.5 Å². The largest absolute Gasteiger partial charge is 0.333 e. The first-order valence-corrected chi connectivity index (χ1v) is 9.72. The van der Waals surface area contributed by atoms with E-state index in [0.29, 0.717) is 0 Å². The third-order valence-electron chi connectivity index (χ3n) is 5.99. The van der Waals surface area contributed by atoms with E-state index in [2.05, 4.69) is 35.1 Å². The lowest BCUT2D eigenvalue weighted by Crippen LogP contribution is -2.41. The Morgan fingerprint density at radius 3 is 2.85 bits per heavy atom. The number of hydrogen-bond donors (Lipinski definition) is 0. The summed E-state index contributed by atoms with van der Waals surface area (Å²) in [6.07, 6.45) is 9.14. The average Bonchev–Trinajstić information content (AvgIpc) is 3.43. The number of imidazole rings is 1. The van der Waals surface area contributed by atoms with E-state index in [1.54, 1.807) is 0 Å². The van der Waals surface area contributed by atoms with Gasteiger partial charge in [0.2, 0.25) is 5.91 Å². The van der Waals surface area contributed by atoms with Gasteiger partial charge in [-0.3, -0.25) is 14.4 Å². The van der Waals surface area contributed by atoms with Gasteiger partial charge in [-0.25, -0.2) is 4.98 Å². The Balaban J connectivity index is 1.54. The monoisotopic (exact) mass is 348 g/mol. The number of aromatic nitrogens is 2. The van der Waals surface area contributed by atoms with E-state index < -0.39 is 0 Å². The molecule has 3 aliphatic rings. The number of carbonyl (C=O) groups excluding carboxylic acids is 1. The molecule has 5 nitrogen and oxygen atoms in total. The molecule has 5 rings (SSSR count). The molecule has 1 saturated carbocycles. The molecule has 1 fully saturated rings. The van der Waals surface area contributed by atoms with Crippen LogP contribution in [0.25, 0.3) is 0 Å². The third-order valence-corrected chi connectivity index (χ3v) is 5.99. The van der Waals surface area contributed by atoms with E-state index >= 15 is 0 Å². The van der Waals surface area contributed by atoms with Crippen LogP contribution in [-0.4, -0.2) is 39.3 Å². The molecule has 0 bridgehead atoms. The van der Waals surface area contributed by atoms with Gasteiger partial charge in [0.15, 0.2) is 0 Å². The van der Waals surface area contributed by atoms with Crippen molar-refractivity contribution in [2.45, 2.75) is 51.0 Å². The van der Waals surface area contributed by atoms with Crippen molar-refractivity contribution in [3.8, 4) is 0 Å². The summed E-state index contributed by atoms with van der Waals surface area (Å²) in [6.45, 7) is 3.15. The number of amides is 1. The van der Waals surface area contributed by atoms with Crippen molar-refractivity contribution in [1.29, 1.82) is 0 Å². The van der Waals surface area contributed by atoms with Crippen LogP contribution in [0.5, 0.6) is 0 Å². The Kier molecular flexibility index (Phi) is 3.69. The first-order valence-electron chi connectivity index (χ1n) is 9.72. The first kappa shape index (κ1) is 15.8. The van der Waals surface area contributed by atoms with Gasteiger partial charge in [-0.2, -0.15) is 0 Å². The molecule has 134 valence electrons. The van der Waals surface area contributed by atoms with E-state index in [9.17, 15) is 4.79 Å². The van der Waals surface area contributed by atoms with E-state index in [0.717, 1.165) is 43.3 Å². The van der Waals surface area contributed by atoms with Crippen molar-refractivity contribution in [3.63, 3.8) is 0 Å². The summed E-state index contributed by atoms with van der Waals surface area (Å²) in [5, 5.41) is 0. The number of carbonyl (C=O) groups is 1. The van der Waals surface area contributed by atoms with Crippen molar-refractivity contribution in [1.82, 2.24) is 14.5 Å². The van der Waals surface area contributed by atoms with Gasteiger partial charge in [-0.15, -0.1) is 0 Å². The van der Waals surface area contributed by atoms with Crippen molar-refractivity contribution in [2.24, 2.45) is 4.99 Å². The fraction of sp³-hybridized carbons (Fsp3) is 0.476. The number of hydrogen-bond acceptors (Lipinski definition) is 3. The molecule has 3 heterocycles. The number of aliphatic imine (C=N–C) groups is 1. The van der Waals surface area contributed by atoms with Gasteiger partial charge in [0.25, 0.3) is 0 Å². The zero-order valence-corrected chi connectivity index (χ0v) is 15.2. The van der Waals surface area contributed by atoms with Gasteiger partial charge in [-0.1, -0.05) is 25.1 Å². The number of rotatable bonds is 2. The maximum atomic E-state index is 12.7. The van der Waals surface area contributed by atoms with E-state index in [1.165, 1.54) is 29.5 Å². The molecule has 0 radical (unpaired) electrons. The van der Waals surface area contributed by atoms with Gasteiger partial charge in [0, 0.05) is 19.2 Å². The van der Waals surface area contributed by atoms with Gasteiger partial charge in [0.05, 0.1) is 11.7 Å². The number of aryl methyl sites for hydroxylation is 1. The standard InChI is InChI=1S/C21H24N4O/c1-2-15-12-24(13-23-15)20-10-19-18-5-3-4-16(14-6-7-14)17(18)8-9-25(19)21(26)11-22-20/h3-5,12-14,19H,2,6-11H2,1H3. The van der Waals surface area contributed by atoms with Crippen LogP contribution in [0.4, 0.5) is 0 Å². The lowest BCUT2D eigenvalue weighted by atomic mass is 9.86. The summed E-state index contributed by atoms with van der Waals surface area (Å²) in [4.78, 5) is 23.8. The van der Waals surface area contributed by atoms with Crippen LogP contribution in [0.2, 0.25) is 0 Å². The molecule has 1 amide bonds. The van der Waals surface area contributed by atoms with E-state index in [1.807, 2.05) is 22.0 Å². The molecule has 1 aromatic heterocycles. The zero-order chi connectivity index (χ0) is 17.7. The first-order chi connectivity index (χ1) is 12.7. The molecule has 1 atom stereocenters. The van der Waals surface area contributed by atoms with Gasteiger partial charge < -0.3 is 4.90 Å². The highest BCUT2D eigenvalue weighted by Gasteiger charge is 2.36. The molecule has 1 aromatic carbocycles. The Morgan fingerprint density at radius 2 is 2.08 bits per heavy atom. The average molecular weight is 348 g/mol. The van der Waals surface area contributed by atoms with E-state index in [4.69, 9.17) is 0 Å². The number of nitrogens with zero attached hydrogens (tertiary/aromatic N) is 4. The highest BCUT2D eigenvalue weighted by molar-refractivity contribution is 5.91. The minimum atomic E-state index is 0.0960. The summed E-state index contributed by atoms with van der Waals surface area (Å²) >= 11 is 0. The van der Waals surface area contributed by atoms with Crippen molar-refractivity contribution >= 4 is 11.7 Å². The molecule has 1 aliphatic carbocycles. The molecule has 26 heavy (non-hydrogen) atoms. The van der Waals surface area contributed by atoms with Crippen LogP contribution in [0, 0.1) is 0 Å². The van der Waals surface area contributed by atoms with Crippen molar-refractivity contribution in [2.75, 3.05) is 13.1 Å². The SMILES string of the molecule is CCc1cn(C2=NCC(=O)N3CCc4c(C5CC5)cccc4C3C2)cn1. The lowest BCUT2D eigenvalue weighted by Gasteiger charge is -2.37. The Bertz CT molecular complexity index is 893. The predicted molar refractivity (Wildman–Crippen MR) is 100 cm³/mol. The molecule has 0 N–H and O–H groups in total. The van der Waals surface area contributed by atoms with Crippen molar-refractivity contribution in [3.05, 3.63) is 53.1 Å². The quantitative estimate of drug-likeness (QED) is 0.837. The van der Waals surface area contributed by atoms with Crippen LogP contribution in [0.15, 0.2) is 35.7 Å². The highest BCUT2D eigenvalue weighted by Crippen LogP contribution is 2.45. The highest BCUT2D eigenvalue weighted by atomic mass is 16.2. The molecule has 1 unspecified atom stereocenters. The minimum absolute atomic E-state index is 0.0960. The molecule has 0 saturated heterocycles. The Hall–Kier alpha value is -2.43. The number of fused-ring (bicyclic) bond motifs is 3. The fourth-order valence-corrected chi connectivity index (χ4v) is 4.44. The summed E-state index contributed by atoms with van der Waals surface area (Å²) in [6, 6.07) is 6.79. The lowest BCUT2D eigenvalue weighted by molar-refractivity contribution is -0.132. The molecule has 0 spiro atoms. The van der Waals surface area contributed by atoms with Crippen LogP contribution >= 0.6 is 0 Å². The normalized spacial score (nSPS) is 22.5. The minimum Gasteiger partial charge on any atom is -0.333 e. The molecule has 2 aromatic rings. The van der Waals surface area contributed by atoms with Gasteiger partial charge in [0.1, 0.15) is 18.7 Å². The predicted octanol–water partition coefficient (Wildman–Crippen LogP) is 3.10. The maximum absolute atomic E-state index is 12.7. The Morgan fingerprint density at radius 1 is 1.23 bits per heavy atom. The smallest absolute Gasteiger partial charge is 0.244 e. The molecular weight excluding hydrogens is 324 g/mol. The zero-order valence-electron chi connectivity index (χ0n) is 15.2. The van der Waals surface area contributed by atoms with Crippen LogP contribution < -0.4 is 0 Å². The second kappa shape index (κ2) is 6.08. The molecular formula is C21H24N4O. The second-order valence-electron chi connectivity index (χ2n) is 7.60. The topological polar surface area (TPSA) is 50.5 Å². The van der Waals surface area contributed by atoms with Gasteiger partial charge in [-0.05, 0) is 48.3 Å². The molecule has 5 heteroatoms. The summed E-state index contributed by atoms with van der Waals surface area (Å²) < 4.78 is 2.01. The van der Waals surface area contributed by atoms with Gasteiger partial charge >= 0.3 is 0 Å². The second-order valence-corrected chi connectivity index (χ2v) is 7.60. The summed E-state index contributed by atoms with van der Waals surface area (Å²) in [7, 11) is 0. The maximum Gasteiger partial charge on any atom is 0.244 e. The third kappa shape index (κ3) is 2.57. The van der Waals surface area contributed by atoms with E-state index in [-0.39, 0.29) is 18.5 Å². The van der Waals surface area contributed by atoms with Crippen LogP contribution in [0.3, 0.4) is 0 Å². The summed E-state index contributed by atoms with van der Waals surface area (Å²) in [5.41, 5.74) is 5.40. The number of benzene rings is 1. The van der Waals surface area contributed by atoms with Crippen molar-refractivity contribution < 1.29 is 4.79 Å². The Labute approximate surface area is 153 Å².